The highest BCUT2D eigenvalue weighted by molar-refractivity contribution is 5.42. The Morgan fingerprint density at radius 3 is 2.67 bits per heavy atom. The number of hydrogen-bond acceptors (Lipinski definition) is 4. The van der Waals surface area contributed by atoms with E-state index >= 15 is 0 Å². The number of benzene rings is 1. The molecule has 0 fully saturated rings. The monoisotopic (exact) mass is 248 g/mol. The average Bonchev–Trinajstić information content (AvgIpc) is 2.40. The van der Waals surface area contributed by atoms with Crippen LogP contribution in [-0.2, 0) is 0 Å². The van der Waals surface area contributed by atoms with E-state index < -0.39 is 5.54 Å². The third kappa shape index (κ3) is 3.64. The van der Waals surface area contributed by atoms with Gasteiger partial charge in [-0.05, 0) is 38.6 Å². The van der Waals surface area contributed by atoms with E-state index in [1.165, 1.54) is 0 Å². The Labute approximate surface area is 109 Å². The summed E-state index contributed by atoms with van der Waals surface area (Å²) < 4.78 is 10.9. The Bertz CT molecular complexity index is 440. The molecule has 1 aromatic carbocycles. The topological polar surface area (TPSA) is 54.3 Å². The standard InChI is InChI=1S/C14H20N2O2/c1-11-5-6-12(13(9-11)17-4)18-8-7-14(2,10-15)16-3/h5-6,9,16H,7-8H2,1-4H3. The van der Waals surface area contributed by atoms with Crippen LogP contribution in [0.3, 0.4) is 0 Å². The van der Waals surface area contributed by atoms with Gasteiger partial charge in [0, 0.05) is 6.42 Å². The van der Waals surface area contributed by atoms with Gasteiger partial charge in [0.1, 0.15) is 5.54 Å². The second-order valence-electron chi connectivity index (χ2n) is 4.45. The van der Waals surface area contributed by atoms with Crippen LogP contribution in [0.1, 0.15) is 18.9 Å². The first kappa shape index (κ1) is 14.3. The van der Waals surface area contributed by atoms with Gasteiger partial charge in [-0.1, -0.05) is 6.07 Å². The van der Waals surface area contributed by atoms with Crippen LogP contribution in [0.25, 0.3) is 0 Å². The van der Waals surface area contributed by atoms with Gasteiger partial charge in [0.25, 0.3) is 0 Å². The molecule has 4 nitrogen and oxygen atoms in total. The number of hydrogen-bond donors (Lipinski definition) is 1. The Morgan fingerprint density at radius 2 is 2.11 bits per heavy atom. The number of nitrogens with zero attached hydrogens (tertiary/aromatic N) is 1. The lowest BCUT2D eigenvalue weighted by Crippen LogP contribution is -2.39. The lowest BCUT2D eigenvalue weighted by molar-refractivity contribution is 0.260. The fourth-order valence-electron chi connectivity index (χ4n) is 1.50. The van der Waals surface area contributed by atoms with E-state index in [2.05, 4.69) is 11.4 Å². The zero-order valence-corrected chi connectivity index (χ0v) is 11.4. The van der Waals surface area contributed by atoms with Crippen molar-refractivity contribution in [3.63, 3.8) is 0 Å². The van der Waals surface area contributed by atoms with Gasteiger partial charge in [0.2, 0.25) is 0 Å². The minimum atomic E-state index is -0.558. The first-order valence-corrected chi connectivity index (χ1v) is 5.92. The number of nitrogens with one attached hydrogen (secondary N) is 1. The summed E-state index contributed by atoms with van der Waals surface area (Å²) in [5.41, 5.74) is 0.564. The quantitative estimate of drug-likeness (QED) is 0.839. The van der Waals surface area contributed by atoms with Crippen molar-refractivity contribution in [1.29, 1.82) is 5.26 Å². The molecule has 98 valence electrons. The molecule has 1 rings (SSSR count). The molecule has 1 aromatic rings. The first-order chi connectivity index (χ1) is 8.54. The molecular formula is C14H20N2O2. The minimum absolute atomic E-state index is 0.463. The van der Waals surface area contributed by atoms with Crippen LogP contribution in [0, 0.1) is 18.3 Å². The fourth-order valence-corrected chi connectivity index (χ4v) is 1.50. The number of nitriles is 1. The second kappa shape index (κ2) is 6.27. The van der Waals surface area contributed by atoms with Crippen molar-refractivity contribution < 1.29 is 9.47 Å². The van der Waals surface area contributed by atoms with Crippen LogP contribution >= 0.6 is 0 Å². The third-order valence-electron chi connectivity index (χ3n) is 2.98. The maximum Gasteiger partial charge on any atom is 0.161 e. The normalized spacial score (nSPS) is 13.5. The van der Waals surface area contributed by atoms with E-state index in [-0.39, 0.29) is 0 Å². The molecule has 0 bridgehead atoms. The summed E-state index contributed by atoms with van der Waals surface area (Å²) in [5, 5.41) is 12.0. The van der Waals surface area contributed by atoms with E-state index in [0.717, 1.165) is 11.3 Å². The first-order valence-electron chi connectivity index (χ1n) is 5.92. The van der Waals surface area contributed by atoms with Crippen molar-refractivity contribution in [2.75, 3.05) is 20.8 Å². The summed E-state index contributed by atoms with van der Waals surface area (Å²) in [6, 6.07) is 8.02. The van der Waals surface area contributed by atoms with Gasteiger partial charge in [-0.3, -0.25) is 0 Å². The van der Waals surface area contributed by atoms with Crippen LogP contribution in [0.2, 0.25) is 0 Å². The highest BCUT2D eigenvalue weighted by Crippen LogP contribution is 2.28. The molecule has 0 heterocycles. The maximum absolute atomic E-state index is 9.03. The lowest BCUT2D eigenvalue weighted by Gasteiger charge is -2.21. The summed E-state index contributed by atoms with van der Waals surface area (Å²) in [5.74, 6) is 1.43. The molecule has 0 saturated carbocycles. The Kier molecular flexibility index (Phi) is 4.99. The molecule has 0 amide bonds. The summed E-state index contributed by atoms with van der Waals surface area (Å²) in [7, 11) is 3.39. The van der Waals surface area contributed by atoms with Gasteiger partial charge in [0.05, 0.1) is 19.8 Å². The molecule has 4 heteroatoms. The number of ether oxygens (including phenoxy) is 2. The maximum atomic E-state index is 9.03. The van der Waals surface area contributed by atoms with Crippen LogP contribution < -0.4 is 14.8 Å². The molecule has 1 atom stereocenters. The van der Waals surface area contributed by atoms with E-state index in [0.29, 0.717) is 18.8 Å². The lowest BCUT2D eigenvalue weighted by atomic mass is 10.0. The highest BCUT2D eigenvalue weighted by Gasteiger charge is 2.21. The van der Waals surface area contributed by atoms with Crippen molar-refractivity contribution in [1.82, 2.24) is 5.32 Å². The smallest absolute Gasteiger partial charge is 0.161 e. The molecule has 0 saturated heterocycles. The zero-order valence-electron chi connectivity index (χ0n) is 11.4. The Morgan fingerprint density at radius 1 is 1.39 bits per heavy atom. The van der Waals surface area contributed by atoms with Crippen molar-refractivity contribution in [3.8, 4) is 17.6 Å². The molecule has 0 spiro atoms. The fraction of sp³-hybridized carbons (Fsp3) is 0.500. The van der Waals surface area contributed by atoms with Gasteiger partial charge in [-0.25, -0.2) is 0 Å². The molecule has 1 N–H and O–H groups in total. The number of rotatable bonds is 6. The summed E-state index contributed by atoms with van der Waals surface area (Å²) in [4.78, 5) is 0. The van der Waals surface area contributed by atoms with Gasteiger partial charge in [-0.2, -0.15) is 5.26 Å². The second-order valence-corrected chi connectivity index (χ2v) is 4.45. The van der Waals surface area contributed by atoms with Gasteiger partial charge >= 0.3 is 0 Å². The van der Waals surface area contributed by atoms with Gasteiger partial charge in [-0.15, -0.1) is 0 Å². The van der Waals surface area contributed by atoms with Crippen LogP contribution in [0.5, 0.6) is 11.5 Å². The summed E-state index contributed by atoms with van der Waals surface area (Å²) in [6.07, 6.45) is 0.608. The third-order valence-corrected chi connectivity index (χ3v) is 2.98. The predicted molar refractivity (Wildman–Crippen MR) is 70.9 cm³/mol. The van der Waals surface area contributed by atoms with Crippen LogP contribution in [-0.4, -0.2) is 26.3 Å². The van der Waals surface area contributed by atoms with Crippen molar-refractivity contribution >= 4 is 0 Å². The van der Waals surface area contributed by atoms with E-state index in [1.807, 2.05) is 32.0 Å². The van der Waals surface area contributed by atoms with Crippen molar-refractivity contribution in [2.24, 2.45) is 0 Å². The largest absolute Gasteiger partial charge is 0.493 e. The average molecular weight is 248 g/mol. The molecule has 18 heavy (non-hydrogen) atoms. The Balaban J connectivity index is 2.62. The molecular weight excluding hydrogens is 228 g/mol. The molecule has 1 unspecified atom stereocenters. The van der Waals surface area contributed by atoms with Crippen LogP contribution in [0.4, 0.5) is 0 Å². The minimum Gasteiger partial charge on any atom is -0.493 e. The van der Waals surface area contributed by atoms with E-state index in [4.69, 9.17) is 14.7 Å². The number of aryl methyl sites for hydroxylation is 1. The van der Waals surface area contributed by atoms with E-state index in [1.54, 1.807) is 14.2 Å². The molecule has 0 radical (unpaired) electrons. The van der Waals surface area contributed by atoms with Gasteiger partial charge < -0.3 is 14.8 Å². The molecule has 0 aliphatic rings. The molecule has 0 aliphatic heterocycles. The van der Waals surface area contributed by atoms with Crippen molar-refractivity contribution in [2.45, 2.75) is 25.8 Å². The zero-order chi connectivity index (χ0) is 13.6. The van der Waals surface area contributed by atoms with Crippen molar-refractivity contribution in [3.05, 3.63) is 23.8 Å². The molecule has 0 aliphatic carbocycles. The summed E-state index contributed by atoms with van der Waals surface area (Å²) in [6.45, 7) is 4.31. The summed E-state index contributed by atoms with van der Waals surface area (Å²) >= 11 is 0. The molecule has 0 aromatic heterocycles. The highest BCUT2D eigenvalue weighted by atomic mass is 16.5. The SMILES string of the molecule is CNC(C)(C#N)CCOc1ccc(C)cc1OC. The predicted octanol–water partition coefficient (Wildman–Crippen LogP) is 2.27. The number of methoxy groups -OCH3 is 1. The van der Waals surface area contributed by atoms with E-state index in [9.17, 15) is 0 Å². The van der Waals surface area contributed by atoms with Crippen LogP contribution in [0.15, 0.2) is 18.2 Å². The van der Waals surface area contributed by atoms with Gasteiger partial charge in [0.15, 0.2) is 11.5 Å². The Hall–Kier alpha value is -1.73.